The molecule has 1 unspecified atom stereocenters. The lowest BCUT2D eigenvalue weighted by Crippen LogP contribution is -2.43. The van der Waals surface area contributed by atoms with E-state index >= 15 is 0 Å². The van der Waals surface area contributed by atoms with Gasteiger partial charge in [-0.2, -0.15) is 5.10 Å². The number of nitrogens with one attached hydrogen (secondary N) is 1. The number of urea groups is 1. The molecule has 7 nitrogen and oxygen atoms in total. The lowest BCUT2D eigenvalue weighted by Gasteiger charge is -2.22. The third-order valence-electron chi connectivity index (χ3n) is 3.54. The number of aliphatic carboxylic acids is 1. The zero-order valence-electron chi connectivity index (χ0n) is 12.0. The summed E-state index contributed by atoms with van der Waals surface area (Å²) in [4.78, 5) is 25.1. The average Bonchev–Trinajstić information content (AvgIpc) is 2.91. The highest BCUT2D eigenvalue weighted by Crippen LogP contribution is 2.29. The van der Waals surface area contributed by atoms with Crippen molar-refractivity contribution in [3.8, 4) is 0 Å². The van der Waals surface area contributed by atoms with Crippen LogP contribution in [0.1, 0.15) is 31.9 Å². The van der Waals surface area contributed by atoms with Gasteiger partial charge in [0.2, 0.25) is 0 Å². The van der Waals surface area contributed by atoms with Crippen molar-refractivity contribution in [1.29, 1.82) is 0 Å². The summed E-state index contributed by atoms with van der Waals surface area (Å²) in [5, 5.41) is 15.8. The van der Waals surface area contributed by atoms with E-state index in [1.807, 2.05) is 0 Å². The molecule has 1 saturated heterocycles. The molecule has 2 N–H and O–H groups in total. The molecule has 0 bridgehead atoms. The van der Waals surface area contributed by atoms with Crippen LogP contribution in [0.25, 0.3) is 0 Å². The van der Waals surface area contributed by atoms with Crippen LogP contribution in [0.4, 0.5) is 4.79 Å². The van der Waals surface area contributed by atoms with Crippen molar-refractivity contribution in [3.05, 3.63) is 18.0 Å². The highest BCUT2D eigenvalue weighted by atomic mass is 16.4. The first-order valence-corrected chi connectivity index (χ1v) is 6.55. The van der Waals surface area contributed by atoms with Gasteiger partial charge in [-0.05, 0) is 11.8 Å². The predicted molar refractivity (Wildman–Crippen MR) is 72.1 cm³/mol. The van der Waals surface area contributed by atoms with E-state index in [4.69, 9.17) is 0 Å². The number of aryl methyl sites for hydroxylation is 1. The lowest BCUT2D eigenvalue weighted by atomic mass is 9.93. The summed E-state index contributed by atoms with van der Waals surface area (Å²) in [5.74, 6) is -1.09. The van der Waals surface area contributed by atoms with Crippen LogP contribution in [0, 0.1) is 5.41 Å². The fourth-order valence-corrected chi connectivity index (χ4v) is 2.38. The fraction of sp³-hybridized carbons (Fsp3) is 0.615. The number of carbonyl (C=O) groups is 2. The maximum Gasteiger partial charge on any atom is 0.331 e. The summed E-state index contributed by atoms with van der Waals surface area (Å²) >= 11 is 0. The molecule has 7 heteroatoms. The molecular formula is C13H20N4O3. The Balaban J connectivity index is 2.06. The van der Waals surface area contributed by atoms with Crippen LogP contribution in [0.2, 0.25) is 0 Å². The Morgan fingerprint density at radius 3 is 2.65 bits per heavy atom. The molecule has 2 amide bonds. The quantitative estimate of drug-likeness (QED) is 0.864. The van der Waals surface area contributed by atoms with Gasteiger partial charge in [0, 0.05) is 31.9 Å². The number of carboxylic acid groups (broad SMARTS) is 1. The smallest absolute Gasteiger partial charge is 0.331 e. The topological polar surface area (TPSA) is 87.5 Å². The molecule has 2 rings (SSSR count). The van der Waals surface area contributed by atoms with Crippen molar-refractivity contribution in [1.82, 2.24) is 20.0 Å². The number of carbonyl (C=O) groups excluding carboxylic acids is 1. The molecule has 1 aromatic heterocycles. The molecule has 2 heterocycles. The number of hydrogen-bond donors (Lipinski definition) is 2. The van der Waals surface area contributed by atoms with Crippen LogP contribution < -0.4 is 5.32 Å². The Morgan fingerprint density at radius 1 is 1.50 bits per heavy atom. The van der Waals surface area contributed by atoms with Gasteiger partial charge in [0.15, 0.2) is 6.04 Å². The van der Waals surface area contributed by atoms with Gasteiger partial charge in [-0.1, -0.05) is 13.8 Å². The minimum absolute atomic E-state index is 0.0877. The number of amides is 2. The molecule has 1 atom stereocenters. The number of aromatic nitrogens is 2. The standard InChI is InChI=1S/C13H20N4O3/c1-13(2)4-5-17(8-13)12(20)15-10(11(18)19)9-6-14-16(3)7-9/h6-7,10H,4-5,8H2,1-3H3,(H,15,20)(H,18,19). The van der Waals surface area contributed by atoms with Gasteiger partial charge in [-0.25, -0.2) is 9.59 Å². The third-order valence-corrected chi connectivity index (χ3v) is 3.54. The van der Waals surface area contributed by atoms with Crippen molar-refractivity contribution in [2.24, 2.45) is 12.5 Å². The number of likely N-dealkylation sites (tertiary alicyclic amines) is 1. The van der Waals surface area contributed by atoms with Crippen LogP contribution in [-0.4, -0.2) is 44.9 Å². The summed E-state index contributed by atoms with van der Waals surface area (Å²) in [5.41, 5.74) is 0.552. The Bertz CT molecular complexity index is 523. The maximum absolute atomic E-state index is 12.2. The minimum Gasteiger partial charge on any atom is -0.479 e. The zero-order chi connectivity index (χ0) is 14.9. The second-order valence-corrected chi connectivity index (χ2v) is 6.00. The molecule has 20 heavy (non-hydrogen) atoms. The molecule has 0 aliphatic carbocycles. The van der Waals surface area contributed by atoms with E-state index in [1.165, 1.54) is 10.9 Å². The third kappa shape index (κ3) is 3.09. The summed E-state index contributed by atoms with van der Waals surface area (Å²) < 4.78 is 1.51. The maximum atomic E-state index is 12.2. The highest BCUT2D eigenvalue weighted by Gasteiger charge is 2.34. The first-order valence-electron chi connectivity index (χ1n) is 6.55. The number of rotatable bonds is 3. The Hall–Kier alpha value is -2.05. The Kier molecular flexibility index (Phi) is 3.69. The normalized spacial score (nSPS) is 18.9. The molecule has 110 valence electrons. The van der Waals surface area contributed by atoms with Gasteiger partial charge >= 0.3 is 12.0 Å². The second kappa shape index (κ2) is 5.15. The van der Waals surface area contributed by atoms with E-state index in [9.17, 15) is 14.7 Å². The first-order chi connectivity index (χ1) is 9.28. The predicted octanol–water partition coefficient (Wildman–Crippen LogP) is 0.987. The summed E-state index contributed by atoms with van der Waals surface area (Å²) in [6.45, 7) is 5.47. The van der Waals surface area contributed by atoms with E-state index in [0.717, 1.165) is 6.42 Å². The van der Waals surface area contributed by atoms with Crippen molar-refractivity contribution in [2.75, 3.05) is 13.1 Å². The van der Waals surface area contributed by atoms with Crippen LogP contribution in [0.5, 0.6) is 0 Å². The van der Waals surface area contributed by atoms with E-state index in [2.05, 4.69) is 24.3 Å². The molecule has 1 aliphatic rings. The molecule has 0 radical (unpaired) electrons. The monoisotopic (exact) mass is 280 g/mol. The van der Waals surface area contributed by atoms with Crippen LogP contribution in [-0.2, 0) is 11.8 Å². The number of hydrogen-bond acceptors (Lipinski definition) is 3. The van der Waals surface area contributed by atoms with E-state index in [1.54, 1.807) is 18.1 Å². The first kappa shape index (κ1) is 14.4. The molecule has 1 aliphatic heterocycles. The van der Waals surface area contributed by atoms with Crippen molar-refractivity contribution < 1.29 is 14.7 Å². The van der Waals surface area contributed by atoms with Gasteiger partial charge in [-0.15, -0.1) is 0 Å². The Labute approximate surface area is 117 Å². The largest absolute Gasteiger partial charge is 0.479 e. The van der Waals surface area contributed by atoms with Gasteiger partial charge < -0.3 is 15.3 Å². The van der Waals surface area contributed by atoms with E-state index in [-0.39, 0.29) is 11.4 Å². The van der Waals surface area contributed by atoms with Crippen molar-refractivity contribution >= 4 is 12.0 Å². The molecule has 1 aromatic rings. The summed E-state index contributed by atoms with van der Waals surface area (Å²) in [7, 11) is 1.70. The van der Waals surface area contributed by atoms with Gasteiger partial charge in [0.25, 0.3) is 0 Å². The summed E-state index contributed by atoms with van der Waals surface area (Å²) in [6, 6.07) is -1.41. The molecule has 0 saturated carbocycles. The SMILES string of the molecule is Cn1cc(C(NC(=O)N2CCC(C)(C)C2)C(=O)O)cn1. The second-order valence-electron chi connectivity index (χ2n) is 6.00. The number of carboxylic acids is 1. The van der Waals surface area contributed by atoms with E-state index < -0.39 is 12.0 Å². The fourth-order valence-electron chi connectivity index (χ4n) is 2.38. The van der Waals surface area contributed by atoms with Gasteiger partial charge in [0.1, 0.15) is 0 Å². The van der Waals surface area contributed by atoms with Crippen LogP contribution in [0.3, 0.4) is 0 Å². The van der Waals surface area contributed by atoms with Gasteiger partial charge in [0.05, 0.1) is 6.20 Å². The highest BCUT2D eigenvalue weighted by molar-refractivity contribution is 5.83. The molecular weight excluding hydrogens is 260 g/mol. The molecule has 0 aromatic carbocycles. The van der Waals surface area contributed by atoms with Gasteiger partial charge in [-0.3, -0.25) is 4.68 Å². The lowest BCUT2D eigenvalue weighted by molar-refractivity contribution is -0.139. The number of nitrogens with zero attached hydrogens (tertiary/aromatic N) is 3. The van der Waals surface area contributed by atoms with Crippen molar-refractivity contribution in [2.45, 2.75) is 26.3 Å². The average molecular weight is 280 g/mol. The summed E-state index contributed by atoms with van der Waals surface area (Å²) in [6.07, 6.45) is 3.96. The van der Waals surface area contributed by atoms with Crippen molar-refractivity contribution in [3.63, 3.8) is 0 Å². The van der Waals surface area contributed by atoms with E-state index in [0.29, 0.717) is 18.7 Å². The zero-order valence-corrected chi connectivity index (χ0v) is 12.0. The van der Waals surface area contributed by atoms with Crippen LogP contribution >= 0.6 is 0 Å². The molecule has 0 spiro atoms. The van der Waals surface area contributed by atoms with Crippen LogP contribution in [0.15, 0.2) is 12.4 Å². The molecule has 1 fully saturated rings. The minimum atomic E-state index is -1.09. The Morgan fingerprint density at radius 2 is 2.20 bits per heavy atom.